The van der Waals surface area contributed by atoms with Crippen LogP contribution in [0.3, 0.4) is 0 Å². The van der Waals surface area contributed by atoms with Crippen LogP contribution in [-0.2, 0) is 35.2 Å². The number of primary amides is 1. The number of carbonyl (C=O) groups is 6. The smallest absolute Gasteiger partial charge is 0.243 e. The van der Waals surface area contributed by atoms with Crippen LogP contribution in [-0.4, -0.2) is 77.7 Å². The van der Waals surface area contributed by atoms with Crippen molar-refractivity contribution in [3.05, 3.63) is 29.8 Å². The van der Waals surface area contributed by atoms with E-state index < -0.39 is 66.2 Å². The number of nitrogens with two attached hydrogens (primary N) is 3. The first kappa shape index (κ1) is 39.0. The van der Waals surface area contributed by atoms with Crippen LogP contribution in [0.4, 0.5) is 0 Å². The van der Waals surface area contributed by atoms with E-state index in [0.29, 0.717) is 44.1 Å². The molecule has 0 saturated carbocycles. The van der Waals surface area contributed by atoms with Crippen molar-refractivity contribution >= 4 is 35.8 Å². The van der Waals surface area contributed by atoms with Crippen LogP contribution in [0.2, 0.25) is 0 Å². The van der Waals surface area contributed by atoms with Crippen molar-refractivity contribution in [1.82, 2.24) is 21.3 Å². The van der Waals surface area contributed by atoms with Gasteiger partial charge in [-0.25, -0.2) is 0 Å². The van der Waals surface area contributed by atoms with Gasteiger partial charge < -0.3 is 48.4 Å². The van der Waals surface area contributed by atoms with Gasteiger partial charge in [0.05, 0.1) is 18.5 Å². The van der Waals surface area contributed by atoms with Gasteiger partial charge in [-0.2, -0.15) is 0 Å². The first-order valence-electron chi connectivity index (χ1n) is 15.3. The molecule has 0 heterocycles. The van der Waals surface area contributed by atoms with Gasteiger partial charge in [0.2, 0.25) is 29.5 Å². The predicted octanol–water partition coefficient (Wildman–Crippen LogP) is -0.503. The summed E-state index contributed by atoms with van der Waals surface area (Å²) in [5.74, 6) is -3.63. The average molecular weight is 634 g/mol. The molecule has 14 nitrogen and oxygen atoms in total. The van der Waals surface area contributed by atoms with Crippen molar-refractivity contribution in [2.45, 2.75) is 103 Å². The second kappa shape index (κ2) is 20.1. The molecular formula is C31H51N7O7. The number of carbonyl (C=O) groups excluding carboxylic acids is 6. The quantitative estimate of drug-likeness (QED) is 0.0641. The average Bonchev–Trinajstić information content (AvgIpc) is 2.95. The van der Waals surface area contributed by atoms with Crippen molar-refractivity contribution in [2.24, 2.45) is 29.0 Å². The summed E-state index contributed by atoms with van der Waals surface area (Å²) in [6.07, 6.45) is 2.28. The van der Waals surface area contributed by atoms with Crippen LogP contribution in [0, 0.1) is 11.8 Å². The third kappa shape index (κ3) is 15.5. The van der Waals surface area contributed by atoms with Gasteiger partial charge in [0.1, 0.15) is 30.2 Å². The molecular weight excluding hydrogens is 582 g/mol. The summed E-state index contributed by atoms with van der Waals surface area (Å²) in [6.45, 7) is 7.93. The van der Waals surface area contributed by atoms with Crippen LogP contribution >= 0.6 is 0 Å². The summed E-state index contributed by atoms with van der Waals surface area (Å²) in [7, 11) is 0. The molecule has 5 amide bonds. The van der Waals surface area contributed by atoms with Crippen LogP contribution in [0.25, 0.3) is 0 Å². The zero-order valence-corrected chi connectivity index (χ0v) is 26.7. The number of phenols is 1. The van der Waals surface area contributed by atoms with Crippen molar-refractivity contribution in [3.63, 3.8) is 0 Å². The minimum atomic E-state index is -1.48. The van der Waals surface area contributed by atoms with Gasteiger partial charge >= 0.3 is 0 Å². The molecule has 11 N–H and O–H groups in total. The third-order valence-electron chi connectivity index (χ3n) is 6.91. The number of nitrogens with one attached hydrogen (secondary N) is 4. The van der Waals surface area contributed by atoms with Gasteiger partial charge in [-0.1, -0.05) is 46.2 Å². The highest BCUT2D eigenvalue weighted by atomic mass is 16.3. The van der Waals surface area contributed by atoms with Crippen molar-refractivity contribution in [2.75, 3.05) is 6.54 Å². The van der Waals surface area contributed by atoms with E-state index in [1.165, 1.54) is 12.1 Å². The molecule has 14 heteroatoms. The Labute approximate surface area is 265 Å². The van der Waals surface area contributed by atoms with E-state index in [1.54, 1.807) is 12.1 Å². The lowest BCUT2D eigenvalue weighted by atomic mass is 10.0. The van der Waals surface area contributed by atoms with Crippen LogP contribution < -0.4 is 38.5 Å². The molecule has 252 valence electrons. The van der Waals surface area contributed by atoms with Crippen molar-refractivity contribution in [3.8, 4) is 5.75 Å². The van der Waals surface area contributed by atoms with Crippen molar-refractivity contribution in [1.29, 1.82) is 0 Å². The highest BCUT2D eigenvalue weighted by Crippen LogP contribution is 2.13. The zero-order chi connectivity index (χ0) is 34.1. The van der Waals surface area contributed by atoms with E-state index in [0.717, 1.165) is 0 Å². The minimum absolute atomic E-state index is 0.00512. The largest absolute Gasteiger partial charge is 0.508 e. The Balaban J connectivity index is 3.20. The second-order valence-corrected chi connectivity index (χ2v) is 12.1. The van der Waals surface area contributed by atoms with Crippen molar-refractivity contribution < 1.29 is 33.9 Å². The number of hydrogen-bond donors (Lipinski definition) is 8. The summed E-state index contributed by atoms with van der Waals surface area (Å²) in [5.41, 5.74) is 17.5. The molecule has 0 radical (unpaired) electrons. The van der Waals surface area contributed by atoms with Gasteiger partial charge in [0.15, 0.2) is 0 Å². The summed E-state index contributed by atoms with van der Waals surface area (Å²) >= 11 is 0. The third-order valence-corrected chi connectivity index (χ3v) is 6.91. The predicted molar refractivity (Wildman–Crippen MR) is 169 cm³/mol. The van der Waals surface area contributed by atoms with E-state index >= 15 is 0 Å². The lowest BCUT2D eigenvalue weighted by molar-refractivity contribution is -0.135. The Kier molecular flexibility index (Phi) is 17.4. The molecule has 1 aromatic carbocycles. The monoisotopic (exact) mass is 633 g/mol. The summed E-state index contributed by atoms with van der Waals surface area (Å²) in [4.78, 5) is 76.4. The Morgan fingerprint density at radius 3 is 1.84 bits per heavy atom. The molecule has 0 fully saturated rings. The lowest BCUT2D eigenvalue weighted by Crippen LogP contribution is -2.59. The van der Waals surface area contributed by atoms with E-state index in [4.69, 9.17) is 17.2 Å². The lowest BCUT2D eigenvalue weighted by Gasteiger charge is -2.27. The maximum Gasteiger partial charge on any atom is 0.243 e. The molecule has 0 aromatic heterocycles. The van der Waals surface area contributed by atoms with E-state index in [9.17, 15) is 33.9 Å². The van der Waals surface area contributed by atoms with Gasteiger partial charge in [-0.3, -0.25) is 24.0 Å². The molecule has 5 atom stereocenters. The van der Waals surface area contributed by atoms with Gasteiger partial charge in [0, 0.05) is 6.42 Å². The number of unbranched alkanes of at least 4 members (excludes halogenated alkanes) is 1. The highest BCUT2D eigenvalue weighted by Gasteiger charge is 2.32. The number of amides is 5. The first-order valence-corrected chi connectivity index (χ1v) is 15.3. The van der Waals surface area contributed by atoms with Crippen LogP contribution in [0.15, 0.2) is 24.3 Å². The Morgan fingerprint density at radius 2 is 1.31 bits per heavy atom. The first-order chi connectivity index (χ1) is 21.2. The number of benzene rings is 1. The topological polar surface area (TPSA) is 249 Å². The number of rotatable bonds is 21. The van der Waals surface area contributed by atoms with E-state index in [-0.39, 0.29) is 30.4 Å². The Morgan fingerprint density at radius 1 is 0.778 bits per heavy atom. The number of aldehydes is 1. The molecule has 0 aliphatic heterocycles. The fourth-order valence-electron chi connectivity index (χ4n) is 4.59. The molecule has 1 aromatic rings. The fourth-order valence-corrected chi connectivity index (χ4v) is 4.59. The molecule has 0 bridgehead atoms. The van der Waals surface area contributed by atoms with E-state index in [2.05, 4.69) is 21.3 Å². The number of aromatic hydroxyl groups is 1. The van der Waals surface area contributed by atoms with Gasteiger partial charge in [0.25, 0.3) is 0 Å². The molecule has 0 aliphatic carbocycles. The fraction of sp³-hybridized carbons (Fsp3) is 0.613. The van der Waals surface area contributed by atoms with Crippen LogP contribution in [0.1, 0.15) is 71.8 Å². The second-order valence-electron chi connectivity index (χ2n) is 12.1. The zero-order valence-electron chi connectivity index (χ0n) is 26.7. The normalized spacial score (nSPS) is 14.5. The summed E-state index contributed by atoms with van der Waals surface area (Å²) in [5, 5.41) is 20.0. The SMILES string of the molecule is CC(C)C[C@@H](C=O)NC(=O)[C@H](Cc1ccc(O)cc1)NC(=O)[C@H](CC(N)=O)NC(=O)[C@H](CC(C)C)NC(=O)[C@@H](N)CCCCN. The van der Waals surface area contributed by atoms with Crippen LogP contribution in [0.5, 0.6) is 5.75 Å². The minimum Gasteiger partial charge on any atom is -0.508 e. The summed E-state index contributed by atoms with van der Waals surface area (Å²) < 4.78 is 0. The Bertz CT molecular complexity index is 1130. The molecule has 0 spiro atoms. The van der Waals surface area contributed by atoms with E-state index in [1.807, 2.05) is 27.7 Å². The van der Waals surface area contributed by atoms with Gasteiger partial charge in [-0.05, 0) is 61.8 Å². The maximum absolute atomic E-state index is 13.5. The molecule has 1 rings (SSSR count). The molecule has 0 saturated heterocycles. The summed E-state index contributed by atoms with van der Waals surface area (Å²) in [6, 6.07) is 0.528. The molecule has 45 heavy (non-hydrogen) atoms. The molecule has 0 unspecified atom stereocenters. The number of hydrogen-bond acceptors (Lipinski definition) is 9. The highest BCUT2D eigenvalue weighted by molar-refractivity contribution is 5.97. The molecule has 0 aliphatic rings. The van der Waals surface area contributed by atoms with Gasteiger partial charge in [-0.15, -0.1) is 0 Å². The standard InChI is InChI=1S/C31H51N7O7/c1-18(2)13-21(17-39)35-29(43)25(15-20-8-10-22(40)11-9-20)37-31(45)26(16-27(34)41)38-30(44)24(14-19(3)4)36-28(42)23(33)7-5-6-12-32/h8-11,17-19,21,23-26,40H,5-7,12-16,32-33H2,1-4H3,(H2,34,41)(H,35,43)(H,36,42)(H,37,45)(H,38,44)/t21-,23-,24-,25-,26-/m0/s1. The number of phenolic OH excluding ortho intramolecular Hbond substituents is 1. The maximum atomic E-state index is 13.5. The Hall–Kier alpha value is -4.04.